The predicted octanol–water partition coefficient (Wildman–Crippen LogP) is 3.04. The zero-order valence-electron chi connectivity index (χ0n) is 14.9. The summed E-state index contributed by atoms with van der Waals surface area (Å²) in [6, 6.07) is 13.2. The van der Waals surface area contributed by atoms with Crippen molar-refractivity contribution >= 4 is 5.97 Å². The van der Waals surface area contributed by atoms with Gasteiger partial charge in [0.2, 0.25) is 0 Å². The summed E-state index contributed by atoms with van der Waals surface area (Å²) < 4.78 is 27.3. The third kappa shape index (κ3) is 4.33. The van der Waals surface area contributed by atoms with Crippen LogP contribution in [0.5, 0.6) is 11.5 Å². The second-order valence-electron chi connectivity index (χ2n) is 5.79. The Morgan fingerprint density at radius 3 is 2.46 bits per heavy atom. The normalized spacial score (nSPS) is 14.2. The van der Waals surface area contributed by atoms with Gasteiger partial charge in [0.05, 0.1) is 39.4 Å². The fourth-order valence-corrected chi connectivity index (χ4v) is 2.77. The number of carbonyl (C=O) groups is 1. The Bertz CT molecular complexity index is 734. The molecule has 0 unspecified atom stereocenters. The summed E-state index contributed by atoms with van der Waals surface area (Å²) in [6.07, 6.45) is -0.406. The average molecular weight is 358 g/mol. The zero-order valence-corrected chi connectivity index (χ0v) is 14.9. The maximum absolute atomic E-state index is 11.7. The highest BCUT2D eigenvalue weighted by molar-refractivity contribution is 5.73. The van der Waals surface area contributed by atoms with Crippen molar-refractivity contribution in [3.63, 3.8) is 0 Å². The first-order chi connectivity index (χ1) is 12.7. The zero-order chi connectivity index (χ0) is 18.4. The van der Waals surface area contributed by atoms with Crippen molar-refractivity contribution in [2.45, 2.75) is 19.3 Å². The summed E-state index contributed by atoms with van der Waals surface area (Å²) in [5.74, 6) is 1.10. The lowest BCUT2D eigenvalue weighted by atomic mass is 10.0. The van der Waals surface area contributed by atoms with Gasteiger partial charge < -0.3 is 23.7 Å². The van der Waals surface area contributed by atoms with E-state index in [1.54, 1.807) is 7.11 Å². The molecule has 1 saturated heterocycles. The van der Waals surface area contributed by atoms with E-state index in [0.29, 0.717) is 25.6 Å². The van der Waals surface area contributed by atoms with Crippen LogP contribution in [0.15, 0.2) is 42.5 Å². The van der Waals surface area contributed by atoms with Crippen LogP contribution in [0.1, 0.15) is 23.0 Å². The molecule has 138 valence electrons. The van der Waals surface area contributed by atoms with Crippen LogP contribution in [0.4, 0.5) is 0 Å². The minimum Gasteiger partial charge on any atom is -0.497 e. The van der Waals surface area contributed by atoms with E-state index in [-0.39, 0.29) is 12.4 Å². The molecule has 1 heterocycles. The minimum absolute atomic E-state index is 0.134. The number of benzene rings is 2. The van der Waals surface area contributed by atoms with Crippen LogP contribution >= 0.6 is 0 Å². The van der Waals surface area contributed by atoms with E-state index in [9.17, 15) is 4.79 Å². The second kappa shape index (κ2) is 8.69. The Morgan fingerprint density at radius 2 is 1.81 bits per heavy atom. The molecule has 0 bridgehead atoms. The fraction of sp³-hybridized carbons (Fsp3) is 0.350. The topological polar surface area (TPSA) is 63.2 Å². The Labute approximate surface area is 152 Å². The van der Waals surface area contributed by atoms with Crippen LogP contribution < -0.4 is 9.47 Å². The number of hydrogen-bond acceptors (Lipinski definition) is 6. The molecule has 0 aromatic heterocycles. The standard InChI is InChI=1S/C20H22O6/c1-22-16-8-6-14(7-9-16)13-26-17-5-3-4-15(12-18(21)23-2)19(17)20-24-10-11-25-20/h3-9,20H,10-13H2,1-2H3. The first-order valence-corrected chi connectivity index (χ1v) is 8.39. The van der Waals surface area contributed by atoms with Crippen molar-refractivity contribution in [2.75, 3.05) is 27.4 Å². The average Bonchev–Trinajstić information content (AvgIpc) is 3.21. The van der Waals surface area contributed by atoms with Crippen molar-refractivity contribution in [3.8, 4) is 11.5 Å². The molecule has 6 heteroatoms. The predicted molar refractivity (Wildman–Crippen MR) is 94.1 cm³/mol. The van der Waals surface area contributed by atoms with Gasteiger partial charge in [-0.1, -0.05) is 24.3 Å². The van der Waals surface area contributed by atoms with Crippen molar-refractivity contribution < 1.29 is 28.5 Å². The van der Waals surface area contributed by atoms with Crippen molar-refractivity contribution in [3.05, 3.63) is 59.2 Å². The SMILES string of the molecule is COC(=O)Cc1cccc(OCc2ccc(OC)cc2)c1C1OCCO1. The summed E-state index contributed by atoms with van der Waals surface area (Å²) in [5.41, 5.74) is 2.52. The number of ether oxygens (including phenoxy) is 5. The molecule has 0 atom stereocenters. The van der Waals surface area contributed by atoms with E-state index in [0.717, 1.165) is 22.4 Å². The molecular formula is C20H22O6. The summed E-state index contributed by atoms with van der Waals surface area (Å²) in [4.78, 5) is 11.7. The molecule has 0 amide bonds. The number of hydrogen-bond donors (Lipinski definition) is 0. The molecule has 0 N–H and O–H groups in total. The van der Waals surface area contributed by atoms with Crippen LogP contribution in [0.25, 0.3) is 0 Å². The summed E-state index contributed by atoms with van der Waals surface area (Å²) in [6.45, 7) is 1.40. The van der Waals surface area contributed by atoms with Crippen LogP contribution in [-0.4, -0.2) is 33.4 Å². The van der Waals surface area contributed by atoms with Gasteiger partial charge in [-0.25, -0.2) is 0 Å². The summed E-state index contributed by atoms with van der Waals surface area (Å²) in [7, 11) is 3.00. The molecule has 2 aromatic carbocycles. The highest BCUT2D eigenvalue weighted by atomic mass is 16.7. The van der Waals surface area contributed by atoms with E-state index in [1.165, 1.54) is 7.11 Å². The van der Waals surface area contributed by atoms with Crippen LogP contribution in [0.3, 0.4) is 0 Å². The third-order valence-corrected chi connectivity index (χ3v) is 4.13. The van der Waals surface area contributed by atoms with E-state index in [4.69, 9.17) is 23.7 Å². The smallest absolute Gasteiger partial charge is 0.309 e. The third-order valence-electron chi connectivity index (χ3n) is 4.13. The maximum atomic E-state index is 11.7. The van der Waals surface area contributed by atoms with Crippen molar-refractivity contribution in [2.24, 2.45) is 0 Å². The lowest BCUT2D eigenvalue weighted by molar-refractivity contribution is -0.139. The monoisotopic (exact) mass is 358 g/mol. The van der Waals surface area contributed by atoms with Gasteiger partial charge in [-0.3, -0.25) is 4.79 Å². The van der Waals surface area contributed by atoms with Crippen molar-refractivity contribution in [1.82, 2.24) is 0 Å². The van der Waals surface area contributed by atoms with E-state index in [2.05, 4.69) is 0 Å². The summed E-state index contributed by atoms with van der Waals surface area (Å²) in [5, 5.41) is 0. The molecular weight excluding hydrogens is 336 g/mol. The van der Waals surface area contributed by atoms with Gasteiger partial charge in [-0.2, -0.15) is 0 Å². The second-order valence-corrected chi connectivity index (χ2v) is 5.79. The Hall–Kier alpha value is -2.57. The number of rotatable bonds is 7. The maximum Gasteiger partial charge on any atom is 0.309 e. The Kier molecular flexibility index (Phi) is 6.09. The molecule has 0 spiro atoms. The lowest BCUT2D eigenvalue weighted by Gasteiger charge is -2.19. The highest BCUT2D eigenvalue weighted by Crippen LogP contribution is 2.35. The molecule has 1 fully saturated rings. The van der Waals surface area contributed by atoms with Crippen LogP contribution in [0.2, 0.25) is 0 Å². The summed E-state index contributed by atoms with van der Waals surface area (Å²) >= 11 is 0. The molecule has 1 aliphatic heterocycles. The molecule has 26 heavy (non-hydrogen) atoms. The van der Waals surface area contributed by atoms with Crippen LogP contribution in [0, 0.1) is 0 Å². The first kappa shape index (κ1) is 18.2. The molecule has 2 aromatic rings. The number of carbonyl (C=O) groups excluding carboxylic acids is 1. The number of esters is 1. The van der Waals surface area contributed by atoms with Gasteiger partial charge in [-0.15, -0.1) is 0 Å². The molecule has 1 aliphatic rings. The van der Waals surface area contributed by atoms with E-state index < -0.39 is 6.29 Å². The van der Waals surface area contributed by atoms with E-state index in [1.807, 2.05) is 42.5 Å². The van der Waals surface area contributed by atoms with Gasteiger partial charge in [-0.05, 0) is 29.3 Å². The van der Waals surface area contributed by atoms with E-state index >= 15 is 0 Å². The minimum atomic E-state index is -0.540. The lowest BCUT2D eigenvalue weighted by Crippen LogP contribution is -2.12. The van der Waals surface area contributed by atoms with Gasteiger partial charge >= 0.3 is 5.97 Å². The van der Waals surface area contributed by atoms with Gasteiger partial charge in [0, 0.05) is 0 Å². The number of methoxy groups -OCH3 is 2. The van der Waals surface area contributed by atoms with Gasteiger partial charge in [0.1, 0.15) is 18.1 Å². The molecule has 0 radical (unpaired) electrons. The largest absolute Gasteiger partial charge is 0.497 e. The molecule has 0 saturated carbocycles. The van der Waals surface area contributed by atoms with Gasteiger partial charge in [0.25, 0.3) is 0 Å². The highest BCUT2D eigenvalue weighted by Gasteiger charge is 2.26. The molecule has 6 nitrogen and oxygen atoms in total. The van der Waals surface area contributed by atoms with Crippen LogP contribution in [-0.2, 0) is 32.0 Å². The van der Waals surface area contributed by atoms with Gasteiger partial charge in [0.15, 0.2) is 6.29 Å². The Morgan fingerprint density at radius 1 is 1.08 bits per heavy atom. The fourth-order valence-electron chi connectivity index (χ4n) is 2.77. The molecule has 0 aliphatic carbocycles. The first-order valence-electron chi connectivity index (χ1n) is 8.39. The Balaban J connectivity index is 1.82. The molecule has 3 rings (SSSR count). The quantitative estimate of drug-likeness (QED) is 0.709. The van der Waals surface area contributed by atoms with Crippen molar-refractivity contribution in [1.29, 1.82) is 0 Å².